The average molecular weight is 208 g/mol. The number of likely N-dealkylation sites (N-methyl/N-ethyl adjacent to an activating group) is 1. The summed E-state index contributed by atoms with van der Waals surface area (Å²) < 4.78 is 0. The van der Waals surface area contributed by atoms with E-state index in [1.165, 1.54) is 5.57 Å². The molecular weight excluding hydrogens is 188 g/mol. The van der Waals surface area contributed by atoms with Gasteiger partial charge in [0.2, 0.25) is 0 Å². The van der Waals surface area contributed by atoms with Gasteiger partial charge in [0.1, 0.15) is 0 Å². The molecule has 1 aliphatic rings. The maximum absolute atomic E-state index is 11.3. The van der Waals surface area contributed by atoms with Crippen molar-refractivity contribution in [2.75, 3.05) is 20.6 Å². The van der Waals surface area contributed by atoms with E-state index in [1.807, 2.05) is 25.2 Å². The number of nitrogens with zero attached hydrogens (tertiary/aromatic N) is 2. The first-order valence-corrected chi connectivity index (χ1v) is 5.36. The lowest BCUT2D eigenvalue weighted by atomic mass is 9.72. The Balaban J connectivity index is 2.24. The normalized spacial score (nSPS) is 25.6. The van der Waals surface area contributed by atoms with Gasteiger partial charge in [-0.25, -0.2) is 4.99 Å². The van der Waals surface area contributed by atoms with Crippen molar-refractivity contribution in [3.05, 3.63) is 12.2 Å². The van der Waals surface area contributed by atoms with E-state index in [1.54, 1.807) is 0 Å². The molecule has 0 radical (unpaired) electrons. The van der Waals surface area contributed by atoms with E-state index in [9.17, 15) is 4.79 Å². The highest BCUT2D eigenvalue weighted by Crippen LogP contribution is 2.36. The first-order chi connectivity index (χ1) is 6.99. The molecule has 1 aliphatic carbocycles. The highest BCUT2D eigenvalue weighted by atomic mass is 16.1. The second-order valence-corrected chi connectivity index (χ2v) is 4.68. The van der Waals surface area contributed by atoms with Gasteiger partial charge in [-0.3, -0.25) is 4.79 Å². The Morgan fingerprint density at radius 1 is 1.53 bits per heavy atom. The fourth-order valence-electron chi connectivity index (χ4n) is 1.69. The first kappa shape index (κ1) is 12.1. The van der Waals surface area contributed by atoms with Crippen molar-refractivity contribution in [1.82, 2.24) is 4.90 Å². The SMILES string of the molecule is C=C(C)C1CC(/C=N/C(=O)CN(C)C)C1. The molecule has 1 rings (SSSR count). The summed E-state index contributed by atoms with van der Waals surface area (Å²) in [6, 6.07) is 0. The lowest BCUT2D eigenvalue weighted by molar-refractivity contribution is -0.118. The number of rotatable bonds is 4. The Morgan fingerprint density at radius 2 is 2.13 bits per heavy atom. The van der Waals surface area contributed by atoms with Crippen molar-refractivity contribution in [2.24, 2.45) is 16.8 Å². The Morgan fingerprint density at radius 3 is 2.60 bits per heavy atom. The number of aliphatic imine (C=N–C) groups is 1. The predicted molar refractivity (Wildman–Crippen MR) is 63.1 cm³/mol. The number of hydrogen-bond donors (Lipinski definition) is 0. The van der Waals surface area contributed by atoms with Crippen molar-refractivity contribution in [3.8, 4) is 0 Å². The van der Waals surface area contributed by atoms with E-state index in [2.05, 4.69) is 18.5 Å². The van der Waals surface area contributed by atoms with Crippen LogP contribution in [0.25, 0.3) is 0 Å². The molecule has 0 spiro atoms. The van der Waals surface area contributed by atoms with E-state index in [-0.39, 0.29) is 5.91 Å². The lowest BCUT2D eigenvalue weighted by Gasteiger charge is -2.33. The maximum Gasteiger partial charge on any atom is 0.259 e. The third-order valence-electron chi connectivity index (χ3n) is 2.75. The summed E-state index contributed by atoms with van der Waals surface area (Å²) >= 11 is 0. The second kappa shape index (κ2) is 5.21. The predicted octanol–water partition coefficient (Wildman–Crippen LogP) is 1.75. The topological polar surface area (TPSA) is 32.7 Å². The van der Waals surface area contributed by atoms with Crippen molar-refractivity contribution in [3.63, 3.8) is 0 Å². The highest BCUT2D eigenvalue weighted by Gasteiger charge is 2.27. The molecule has 0 aromatic heterocycles. The standard InChI is InChI=1S/C12H20N2O/c1-9(2)11-5-10(6-11)7-13-12(15)8-14(3)4/h7,10-11H,1,5-6,8H2,2-4H3/b13-7+. The fourth-order valence-corrected chi connectivity index (χ4v) is 1.69. The lowest BCUT2D eigenvalue weighted by Crippen LogP contribution is -2.26. The van der Waals surface area contributed by atoms with Crippen LogP contribution in [-0.2, 0) is 4.79 Å². The van der Waals surface area contributed by atoms with Crippen LogP contribution in [0.1, 0.15) is 19.8 Å². The summed E-state index contributed by atoms with van der Waals surface area (Å²) in [5, 5.41) is 0. The van der Waals surface area contributed by atoms with Crippen LogP contribution in [0.4, 0.5) is 0 Å². The van der Waals surface area contributed by atoms with Crippen LogP contribution < -0.4 is 0 Å². The molecule has 0 unspecified atom stereocenters. The molecule has 1 amide bonds. The van der Waals surface area contributed by atoms with Crippen LogP contribution in [0.5, 0.6) is 0 Å². The van der Waals surface area contributed by atoms with Crippen molar-refractivity contribution in [1.29, 1.82) is 0 Å². The monoisotopic (exact) mass is 208 g/mol. The number of amides is 1. The largest absolute Gasteiger partial charge is 0.301 e. The molecule has 1 saturated carbocycles. The van der Waals surface area contributed by atoms with Crippen LogP contribution in [0.15, 0.2) is 17.1 Å². The van der Waals surface area contributed by atoms with Gasteiger partial charge in [-0.1, -0.05) is 12.2 Å². The molecule has 1 fully saturated rings. The summed E-state index contributed by atoms with van der Waals surface area (Å²) in [4.78, 5) is 17.0. The van der Waals surface area contributed by atoms with Gasteiger partial charge in [-0.15, -0.1) is 0 Å². The van der Waals surface area contributed by atoms with Crippen LogP contribution in [-0.4, -0.2) is 37.7 Å². The van der Waals surface area contributed by atoms with Crippen molar-refractivity contribution >= 4 is 12.1 Å². The smallest absolute Gasteiger partial charge is 0.259 e. The average Bonchev–Trinajstić information content (AvgIpc) is 1.98. The minimum atomic E-state index is -0.0567. The molecule has 0 saturated heterocycles. The number of allylic oxidation sites excluding steroid dienone is 1. The van der Waals surface area contributed by atoms with E-state index in [0.29, 0.717) is 18.4 Å². The Bertz CT molecular complexity index is 275. The molecule has 0 aromatic rings. The first-order valence-electron chi connectivity index (χ1n) is 5.36. The van der Waals surface area contributed by atoms with Gasteiger partial charge in [0.15, 0.2) is 0 Å². The van der Waals surface area contributed by atoms with Gasteiger partial charge in [-0.05, 0) is 45.7 Å². The van der Waals surface area contributed by atoms with Crippen molar-refractivity contribution < 1.29 is 4.79 Å². The zero-order chi connectivity index (χ0) is 11.4. The maximum atomic E-state index is 11.3. The quantitative estimate of drug-likeness (QED) is 0.521. The van der Waals surface area contributed by atoms with Gasteiger partial charge >= 0.3 is 0 Å². The molecule has 0 N–H and O–H groups in total. The van der Waals surface area contributed by atoms with Crippen LogP contribution >= 0.6 is 0 Å². The van der Waals surface area contributed by atoms with Crippen molar-refractivity contribution in [2.45, 2.75) is 19.8 Å². The molecule has 15 heavy (non-hydrogen) atoms. The molecule has 3 nitrogen and oxygen atoms in total. The molecular formula is C12H20N2O. The third-order valence-corrected chi connectivity index (χ3v) is 2.75. The Hall–Kier alpha value is -0.960. The van der Waals surface area contributed by atoms with E-state index in [0.717, 1.165) is 12.8 Å². The molecule has 0 aliphatic heterocycles. The Labute approximate surface area is 91.9 Å². The molecule has 0 heterocycles. The number of hydrogen-bond acceptors (Lipinski definition) is 2. The zero-order valence-corrected chi connectivity index (χ0v) is 9.86. The van der Waals surface area contributed by atoms with Crippen LogP contribution in [0, 0.1) is 11.8 Å². The minimum absolute atomic E-state index is 0.0567. The number of carbonyl (C=O) groups excluding carboxylic acids is 1. The minimum Gasteiger partial charge on any atom is -0.301 e. The molecule has 0 aromatic carbocycles. The van der Waals surface area contributed by atoms with E-state index in [4.69, 9.17) is 0 Å². The fraction of sp³-hybridized carbons (Fsp3) is 0.667. The third kappa shape index (κ3) is 3.96. The van der Waals surface area contributed by atoms with Crippen LogP contribution in [0.3, 0.4) is 0 Å². The van der Waals surface area contributed by atoms with Crippen LogP contribution in [0.2, 0.25) is 0 Å². The Kier molecular flexibility index (Phi) is 4.21. The summed E-state index contributed by atoms with van der Waals surface area (Å²) in [5.41, 5.74) is 1.25. The van der Waals surface area contributed by atoms with E-state index >= 15 is 0 Å². The molecule has 0 atom stereocenters. The molecule has 3 heteroatoms. The summed E-state index contributed by atoms with van der Waals surface area (Å²) in [7, 11) is 3.74. The van der Waals surface area contributed by atoms with Gasteiger partial charge in [0.05, 0.1) is 6.54 Å². The zero-order valence-electron chi connectivity index (χ0n) is 9.86. The van der Waals surface area contributed by atoms with E-state index < -0.39 is 0 Å². The summed E-state index contributed by atoms with van der Waals surface area (Å²) in [5.74, 6) is 1.07. The van der Waals surface area contributed by atoms with Gasteiger partial charge in [0, 0.05) is 6.21 Å². The van der Waals surface area contributed by atoms with Gasteiger partial charge in [0.25, 0.3) is 5.91 Å². The summed E-state index contributed by atoms with van der Waals surface area (Å²) in [6.07, 6.45) is 4.02. The van der Waals surface area contributed by atoms with Gasteiger partial charge < -0.3 is 4.90 Å². The second-order valence-electron chi connectivity index (χ2n) is 4.68. The highest BCUT2D eigenvalue weighted by molar-refractivity contribution is 5.87. The molecule has 84 valence electrons. The summed E-state index contributed by atoms with van der Waals surface area (Å²) in [6.45, 7) is 6.39. The molecule has 0 bridgehead atoms. The van der Waals surface area contributed by atoms with Gasteiger partial charge in [-0.2, -0.15) is 0 Å². The number of carbonyl (C=O) groups is 1.